The number of carbonyl (C=O) groups excluding carboxylic acids is 1. The molecule has 0 aliphatic heterocycles. The number of nitrogens with one attached hydrogen (secondary N) is 1. The van der Waals surface area contributed by atoms with Gasteiger partial charge < -0.3 is 5.32 Å². The molecule has 3 aromatic rings. The number of amides is 1. The van der Waals surface area contributed by atoms with Crippen LogP contribution in [0.1, 0.15) is 27.2 Å². The molecule has 1 heterocycles. The van der Waals surface area contributed by atoms with Crippen molar-refractivity contribution in [3.63, 3.8) is 0 Å². The molecule has 1 N–H and O–H groups in total. The van der Waals surface area contributed by atoms with E-state index >= 15 is 0 Å². The van der Waals surface area contributed by atoms with Crippen LogP contribution in [0.15, 0.2) is 36.4 Å². The quantitative estimate of drug-likeness (QED) is 0.796. The summed E-state index contributed by atoms with van der Waals surface area (Å²) < 4.78 is 1.77. The molecule has 0 unspecified atom stereocenters. The van der Waals surface area contributed by atoms with Crippen LogP contribution in [0.4, 0.5) is 0 Å². The molecular weight excluding hydrogens is 310 g/mol. The van der Waals surface area contributed by atoms with E-state index in [1.807, 2.05) is 51.2 Å². The van der Waals surface area contributed by atoms with Crippen molar-refractivity contribution in [2.45, 2.75) is 20.4 Å². The van der Waals surface area contributed by atoms with Crippen molar-refractivity contribution >= 4 is 28.4 Å². The van der Waals surface area contributed by atoms with Crippen LogP contribution in [0, 0.1) is 13.8 Å². The van der Waals surface area contributed by atoms with E-state index in [2.05, 4.69) is 16.5 Å². The van der Waals surface area contributed by atoms with Crippen LogP contribution in [0.25, 0.3) is 10.9 Å². The van der Waals surface area contributed by atoms with Gasteiger partial charge in [-0.3, -0.25) is 9.48 Å². The van der Waals surface area contributed by atoms with Gasteiger partial charge in [-0.25, -0.2) is 0 Å². The molecule has 2 aromatic carbocycles. The molecule has 3 rings (SSSR count). The van der Waals surface area contributed by atoms with Crippen molar-refractivity contribution in [1.29, 1.82) is 0 Å². The van der Waals surface area contributed by atoms with E-state index in [-0.39, 0.29) is 5.91 Å². The Kier molecular flexibility index (Phi) is 4.09. The minimum absolute atomic E-state index is 0.167. The molecule has 0 radical (unpaired) electrons. The molecule has 0 saturated heterocycles. The fourth-order valence-electron chi connectivity index (χ4n) is 2.79. The molecule has 0 saturated carbocycles. The normalized spacial score (nSPS) is 11.0. The monoisotopic (exact) mass is 327 g/mol. The predicted molar refractivity (Wildman–Crippen MR) is 92.8 cm³/mol. The van der Waals surface area contributed by atoms with Gasteiger partial charge in [0.15, 0.2) is 5.69 Å². The maximum Gasteiger partial charge on any atom is 0.272 e. The van der Waals surface area contributed by atoms with Gasteiger partial charge in [0.1, 0.15) is 0 Å². The lowest BCUT2D eigenvalue weighted by Gasteiger charge is -2.05. The van der Waals surface area contributed by atoms with Crippen molar-refractivity contribution in [2.75, 3.05) is 0 Å². The summed E-state index contributed by atoms with van der Waals surface area (Å²) in [6.07, 6.45) is 0. The lowest BCUT2D eigenvalue weighted by molar-refractivity contribution is 0.0946. The number of aromatic nitrogens is 2. The first-order chi connectivity index (χ1) is 11.0. The minimum Gasteiger partial charge on any atom is -0.347 e. The van der Waals surface area contributed by atoms with E-state index in [4.69, 9.17) is 11.6 Å². The van der Waals surface area contributed by atoms with Gasteiger partial charge in [0, 0.05) is 24.0 Å². The number of benzene rings is 2. The number of carbonyl (C=O) groups is 1. The van der Waals surface area contributed by atoms with Gasteiger partial charge in [-0.05, 0) is 42.7 Å². The zero-order valence-corrected chi connectivity index (χ0v) is 14.1. The molecule has 0 aliphatic rings. The van der Waals surface area contributed by atoms with Crippen LogP contribution in [-0.4, -0.2) is 15.7 Å². The highest BCUT2D eigenvalue weighted by Crippen LogP contribution is 2.25. The third-order valence-corrected chi connectivity index (χ3v) is 4.23. The van der Waals surface area contributed by atoms with E-state index in [0.717, 1.165) is 27.6 Å². The van der Waals surface area contributed by atoms with Gasteiger partial charge in [-0.2, -0.15) is 5.10 Å². The number of aryl methyl sites for hydroxylation is 3. The van der Waals surface area contributed by atoms with Crippen LogP contribution < -0.4 is 5.32 Å². The molecule has 0 aliphatic carbocycles. The second-order valence-corrected chi connectivity index (χ2v) is 6.14. The van der Waals surface area contributed by atoms with Crippen LogP contribution in [0.2, 0.25) is 5.02 Å². The van der Waals surface area contributed by atoms with Gasteiger partial charge in [0.25, 0.3) is 5.91 Å². The number of fused-ring (bicyclic) bond motifs is 1. The number of halogens is 1. The average molecular weight is 328 g/mol. The van der Waals surface area contributed by atoms with Crippen LogP contribution in [0.5, 0.6) is 0 Å². The molecule has 23 heavy (non-hydrogen) atoms. The second-order valence-electron chi connectivity index (χ2n) is 5.70. The van der Waals surface area contributed by atoms with Crippen LogP contribution in [0.3, 0.4) is 0 Å². The molecule has 5 heteroatoms. The summed E-state index contributed by atoms with van der Waals surface area (Å²) in [4.78, 5) is 12.6. The van der Waals surface area contributed by atoms with Crippen molar-refractivity contribution in [2.24, 2.45) is 7.05 Å². The van der Waals surface area contributed by atoms with E-state index in [9.17, 15) is 4.79 Å². The highest BCUT2D eigenvalue weighted by molar-refractivity contribution is 6.30. The first-order valence-corrected chi connectivity index (χ1v) is 7.80. The summed E-state index contributed by atoms with van der Waals surface area (Å²) in [5.74, 6) is -0.167. The van der Waals surface area contributed by atoms with Gasteiger partial charge in [-0.15, -0.1) is 0 Å². The van der Waals surface area contributed by atoms with E-state index in [0.29, 0.717) is 17.3 Å². The maximum absolute atomic E-state index is 12.6. The Bertz CT molecular complexity index is 881. The van der Waals surface area contributed by atoms with Gasteiger partial charge >= 0.3 is 0 Å². The van der Waals surface area contributed by atoms with Crippen LogP contribution in [-0.2, 0) is 13.6 Å². The maximum atomic E-state index is 12.6. The molecule has 0 fully saturated rings. The number of hydrogen-bond donors (Lipinski definition) is 1. The zero-order chi connectivity index (χ0) is 16.6. The highest BCUT2D eigenvalue weighted by Gasteiger charge is 2.18. The molecule has 4 nitrogen and oxygen atoms in total. The van der Waals surface area contributed by atoms with Crippen molar-refractivity contribution in [3.8, 4) is 0 Å². The lowest BCUT2D eigenvalue weighted by Crippen LogP contribution is -2.23. The van der Waals surface area contributed by atoms with Crippen molar-refractivity contribution < 1.29 is 4.79 Å². The Morgan fingerprint density at radius 2 is 1.78 bits per heavy atom. The second kappa shape index (κ2) is 6.05. The smallest absolute Gasteiger partial charge is 0.272 e. The summed E-state index contributed by atoms with van der Waals surface area (Å²) in [7, 11) is 1.87. The third-order valence-electron chi connectivity index (χ3n) is 3.98. The van der Waals surface area contributed by atoms with Gasteiger partial charge in [0.2, 0.25) is 0 Å². The summed E-state index contributed by atoms with van der Waals surface area (Å²) >= 11 is 5.87. The van der Waals surface area contributed by atoms with E-state index < -0.39 is 0 Å². The third kappa shape index (κ3) is 2.94. The Balaban J connectivity index is 1.89. The largest absolute Gasteiger partial charge is 0.347 e. The van der Waals surface area contributed by atoms with E-state index in [1.54, 1.807) is 4.68 Å². The van der Waals surface area contributed by atoms with Gasteiger partial charge in [0.05, 0.1) is 5.52 Å². The zero-order valence-electron chi connectivity index (χ0n) is 13.4. The molecule has 0 spiro atoms. The number of rotatable bonds is 3. The topological polar surface area (TPSA) is 46.9 Å². The fourth-order valence-corrected chi connectivity index (χ4v) is 2.92. The van der Waals surface area contributed by atoms with E-state index in [1.165, 1.54) is 0 Å². The molecule has 1 amide bonds. The summed E-state index contributed by atoms with van der Waals surface area (Å²) in [6.45, 7) is 4.47. The summed E-state index contributed by atoms with van der Waals surface area (Å²) in [6, 6.07) is 11.5. The standard InChI is InChI=1S/C18H18ClN3O/c1-11-4-5-12(2)17-15(11)16(21-22(17)3)18(23)20-10-13-6-8-14(19)9-7-13/h4-9H,10H2,1-3H3,(H,20,23). The minimum atomic E-state index is -0.167. The predicted octanol–water partition coefficient (Wildman–Crippen LogP) is 3.77. The molecule has 0 bridgehead atoms. The fraction of sp³-hybridized carbons (Fsp3) is 0.222. The number of hydrogen-bond acceptors (Lipinski definition) is 2. The molecule has 0 atom stereocenters. The Morgan fingerprint density at radius 3 is 2.48 bits per heavy atom. The van der Waals surface area contributed by atoms with Gasteiger partial charge in [-0.1, -0.05) is 35.9 Å². The van der Waals surface area contributed by atoms with Crippen molar-refractivity contribution in [3.05, 3.63) is 63.8 Å². The average Bonchev–Trinajstić information content (AvgIpc) is 2.89. The first-order valence-electron chi connectivity index (χ1n) is 7.43. The molecular formula is C18H18ClN3O. The summed E-state index contributed by atoms with van der Waals surface area (Å²) in [5.41, 5.74) is 4.63. The Labute approximate surface area is 140 Å². The van der Waals surface area contributed by atoms with Crippen LogP contribution >= 0.6 is 11.6 Å². The molecule has 118 valence electrons. The first kappa shape index (κ1) is 15.6. The summed E-state index contributed by atoms with van der Waals surface area (Å²) in [5, 5.41) is 8.95. The highest BCUT2D eigenvalue weighted by atomic mass is 35.5. The number of nitrogens with zero attached hydrogens (tertiary/aromatic N) is 2. The SMILES string of the molecule is Cc1ccc(C)c2c1c(C(=O)NCc1ccc(Cl)cc1)nn2C. The lowest BCUT2D eigenvalue weighted by atomic mass is 10.0. The Morgan fingerprint density at radius 1 is 1.13 bits per heavy atom. The molecule has 1 aromatic heterocycles. The Hall–Kier alpha value is -2.33. The van der Waals surface area contributed by atoms with Crippen molar-refractivity contribution in [1.82, 2.24) is 15.1 Å².